The van der Waals surface area contributed by atoms with Gasteiger partial charge in [-0.25, -0.2) is 0 Å². The van der Waals surface area contributed by atoms with Crippen LogP contribution in [0.1, 0.15) is 12.8 Å². The first-order valence-electron chi connectivity index (χ1n) is 4.09. The van der Waals surface area contributed by atoms with Gasteiger partial charge in [-0.3, -0.25) is 0 Å². The Morgan fingerprint density at radius 1 is 1.55 bits per heavy atom. The van der Waals surface area contributed by atoms with E-state index in [4.69, 9.17) is 11.6 Å². The van der Waals surface area contributed by atoms with E-state index in [0.717, 1.165) is 19.0 Å². The molecule has 0 atom stereocenters. The van der Waals surface area contributed by atoms with Crippen molar-refractivity contribution in [3.8, 4) is 0 Å². The summed E-state index contributed by atoms with van der Waals surface area (Å²) < 4.78 is 0. The van der Waals surface area contributed by atoms with Gasteiger partial charge in [-0.2, -0.15) is 11.8 Å². The van der Waals surface area contributed by atoms with Gasteiger partial charge in [0.15, 0.2) is 0 Å². The van der Waals surface area contributed by atoms with Crippen LogP contribution in [0.3, 0.4) is 0 Å². The minimum atomic E-state index is 0.486. The molecule has 0 heterocycles. The summed E-state index contributed by atoms with van der Waals surface area (Å²) in [6.45, 7) is 2.25. The van der Waals surface area contributed by atoms with Crippen LogP contribution >= 0.6 is 23.4 Å². The fraction of sp³-hybridized carbons (Fsp3) is 1.00. The number of thioether (sulfide) groups is 1. The van der Waals surface area contributed by atoms with Crippen molar-refractivity contribution in [1.29, 1.82) is 0 Å². The van der Waals surface area contributed by atoms with Crippen molar-refractivity contribution < 1.29 is 0 Å². The van der Waals surface area contributed by atoms with E-state index in [0.29, 0.717) is 5.41 Å². The Kier molecular flexibility index (Phi) is 4.04. The van der Waals surface area contributed by atoms with E-state index in [1.165, 1.54) is 18.6 Å². The average Bonchev–Trinajstić information content (AvgIpc) is 2.80. The first-order valence-corrected chi connectivity index (χ1v) is 6.01. The van der Waals surface area contributed by atoms with Crippen molar-refractivity contribution in [2.24, 2.45) is 5.41 Å². The molecular weight excluding hydrogens is 178 g/mol. The van der Waals surface area contributed by atoms with Gasteiger partial charge in [-0.1, -0.05) is 0 Å². The van der Waals surface area contributed by atoms with Gasteiger partial charge in [-0.05, 0) is 24.5 Å². The highest BCUT2D eigenvalue weighted by Gasteiger charge is 2.40. The number of rotatable bonds is 6. The van der Waals surface area contributed by atoms with Crippen molar-refractivity contribution in [2.45, 2.75) is 12.8 Å². The second kappa shape index (κ2) is 4.58. The van der Waals surface area contributed by atoms with E-state index >= 15 is 0 Å². The zero-order valence-corrected chi connectivity index (χ0v) is 8.60. The molecule has 0 spiro atoms. The molecule has 3 heteroatoms. The summed E-state index contributed by atoms with van der Waals surface area (Å²) in [6.07, 6.45) is 4.78. The van der Waals surface area contributed by atoms with Crippen molar-refractivity contribution in [1.82, 2.24) is 5.32 Å². The van der Waals surface area contributed by atoms with Crippen molar-refractivity contribution >= 4 is 23.4 Å². The maximum atomic E-state index is 5.82. The smallest absolute Gasteiger partial charge is 0.0292 e. The van der Waals surface area contributed by atoms with E-state index in [9.17, 15) is 0 Å². The quantitative estimate of drug-likeness (QED) is 0.512. The Hall–Kier alpha value is 0.600. The minimum absolute atomic E-state index is 0.486. The first-order chi connectivity index (χ1) is 5.33. The summed E-state index contributed by atoms with van der Waals surface area (Å²) in [5.74, 6) is 2.04. The molecule has 0 unspecified atom stereocenters. The van der Waals surface area contributed by atoms with Gasteiger partial charge in [-0.15, -0.1) is 11.6 Å². The second-order valence-electron chi connectivity index (χ2n) is 3.30. The monoisotopic (exact) mass is 193 g/mol. The van der Waals surface area contributed by atoms with Crippen LogP contribution in [0.25, 0.3) is 0 Å². The molecule has 0 amide bonds. The third-order valence-corrected chi connectivity index (χ3v) is 3.40. The van der Waals surface area contributed by atoms with Gasteiger partial charge in [0.1, 0.15) is 0 Å². The van der Waals surface area contributed by atoms with Crippen LogP contribution in [-0.2, 0) is 0 Å². The minimum Gasteiger partial charge on any atom is -0.315 e. The Morgan fingerprint density at radius 3 is 2.73 bits per heavy atom. The summed E-state index contributed by atoms with van der Waals surface area (Å²) in [4.78, 5) is 0. The Labute approximate surface area is 78.3 Å². The summed E-state index contributed by atoms with van der Waals surface area (Å²) >= 11 is 7.71. The van der Waals surface area contributed by atoms with Crippen molar-refractivity contribution in [3.05, 3.63) is 0 Å². The number of alkyl halides is 1. The zero-order chi connectivity index (χ0) is 8.16. The Morgan fingerprint density at radius 2 is 2.27 bits per heavy atom. The first kappa shape index (κ1) is 9.69. The molecule has 0 aliphatic heterocycles. The van der Waals surface area contributed by atoms with Gasteiger partial charge in [0.05, 0.1) is 0 Å². The maximum absolute atomic E-state index is 5.82. The highest BCUT2D eigenvalue weighted by atomic mass is 35.5. The molecule has 1 saturated carbocycles. The molecule has 0 aromatic rings. The van der Waals surface area contributed by atoms with Crippen molar-refractivity contribution in [3.63, 3.8) is 0 Å². The summed E-state index contributed by atoms with van der Waals surface area (Å²) in [7, 11) is 0. The Balaban J connectivity index is 1.94. The van der Waals surface area contributed by atoms with Gasteiger partial charge in [0.2, 0.25) is 0 Å². The zero-order valence-electron chi connectivity index (χ0n) is 7.03. The molecule has 1 rings (SSSR count). The number of halogens is 1. The standard InChI is InChI=1S/C8H16ClNS/c1-11-5-4-10-7-8(6-9)2-3-8/h10H,2-7H2,1H3. The molecular formula is C8H16ClNS. The summed E-state index contributed by atoms with van der Waals surface area (Å²) in [6, 6.07) is 0. The lowest BCUT2D eigenvalue weighted by Crippen LogP contribution is -2.26. The predicted octanol–water partition coefficient (Wildman–Crippen LogP) is 1.96. The molecule has 0 bridgehead atoms. The van der Waals surface area contributed by atoms with E-state index in [-0.39, 0.29) is 0 Å². The highest BCUT2D eigenvalue weighted by molar-refractivity contribution is 7.98. The van der Waals surface area contributed by atoms with Crippen molar-refractivity contribution in [2.75, 3.05) is 31.0 Å². The lowest BCUT2D eigenvalue weighted by molar-refractivity contribution is 0.517. The topological polar surface area (TPSA) is 12.0 Å². The molecule has 0 aromatic heterocycles. The normalized spacial score (nSPS) is 20.2. The lowest BCUT2D eigenvalue weighted by Gasteiger charge is -2.11. The highest BCUT2D eigenvalue weighted by Crippen LogP contribution is 2.45. The number of hydrogen-bond acceptors (Lipinski definition) is 2. The molecule has 11 heavy (non-hydrogen) atoms. The Bertz CT molecular complexity index is 115. The fourth-order valence-electron chi connectivity index (χ4n) is 1.06. The van der Waals surface area contributed by atoms with Crippen LogP contribution in [0.4, 0.5) is 0 Å². The molecule has 1 fully saturated rings. The average molecular weight is 194 g/mol. The largest absolute Gasteiger partial charge is 0.315 e. The van der Waals surface area contributed by atoms with Gasteiger partial charge < -0.3 is 5.32 Å². The van der Waals surface area contributed by atoms with Crippen LogP contribution in [-0.4, -0.2) is 31.0 Å². The number of nitrogens with one attached hydrogen (secondary N) is 1. The number of hydrogen-bond donors (Lipinski definition) is 1. The van der Waals surface area contributed by atoms with Crippen LogP contribution in [0, 0.1) is 5.41 Å². The molecule has 0 radical (unpaired) electrons. The fourth-order valence-corrected chi connectivity index (χ4v) is 1.77. The molecule has 1 nitrogen and oxygen atoms in total. The molecule has 1 aliphatic carbocycles. The van der Waals surface area contributed by atoms with E-state index < -0.39 is 0 Å². The van der Waals surface area contributed by atoms with Crippen LogP contribution in [0.15, 0.2) is 0 Å². The van der Waals surface area contributed by atoms with Crippen LogP contribution in [0.2, 0.25) is 0 Å². The summed E-state index contributed by atoms with van der Waals surface area (Å²) in [5, 5.41) is 3.43. The third kappa shape index (κ3) is 3.22. The second-order valence-corrected chi connectivity index (χ2v) is 4.56. The van der Waals surface area contributed by atoms with Gasteiger partial charge >= 0.3 is 0 Å². The van der Waals surface area contributed by atoms with E-state index in [2.05, 4.69) is 11.6 Å². The molecule has 1 N–H and O–H groups in total. The third-order valence-electron chi connectivity index (χ3n) is 2.22. The van der Waals surface area contributed by atoms with E-state index in [1.807, 2.05) is 11.8 Å². The van der Waals surface area contributed by atoms with Crippen LogP contribution in [0.5, 0.6) is 0 Å². The molecule has 0 aromatic carbocycles. The SMILES string of the molecule is CSCCNCC1(CCl)CC1. The summed E-state index contributed by atoms with van der Waals surface area (Å²) in [5.41, 5.74) is 0.486. The van der Waals surface area contributed by atoms with Gasteiger partial charge in [0, 0.05) is 24.7 Å². The van der Waals surface area contributed by atoms with Gasteiger partial charge in [0.25, 0.3) is 0 Å². The molecule has 0 saturated heterocycles. The molecule has 66 valence electrons. The predicted molar refractivity (Wildman–Crippen MR) is 53.6 cm³/mol. The lowest BCUT2D eigenvalue weighted by atomic mass is 10.1. The molecule has 1 aliphatic rings. The van der Waals surface area contributed by atoms with E-state index in [1.54, 1.807) is 0 Å². The maximum Gasteiger partial charge on any atom is 0.0292 e. The van der Waals surface area contributed by atoms with Crippen LogP contribution < -0.4 is 5.32 Å².